The lowest BCUT2D eigenvalue weighted by Crippen LogP contribution is -2.15. The summed E-state index contributed by atoms with van der Waals surface area (Å²) < 4.78 is 44.8. The Bertz CT molecular complexity index is 818. The number of methoxy groups -OCH3 is 1. The van der Waals surface area contributed by atoms with Gasteiger partial charge < -0.3 is 4.74 Å². The maximum Gasteiger partial charge on any atom is 0.337 e. The van der Waals surface area contributed by atoms with Crippen molar-refractivity contribution in [3.05, 3.63) is 59.4 Å². The lowest BCUT2D eigenvalue weighted by molar-refractivity contribution is 0.0600. The molecule has 116 valence electrons. The van der Waals surface area contributed by atoms with Crippen LogP contribution in [0.2, 0.25) is 0 Å². The van der Waals surface area contributed by atoms with E-state index in [1.54, 1.807) is 6.92 Å². The molecule has 0 aliphatic rings. The van der Waals surface area contributed by atoms with Gasteiger partial charge in [-0.25, -0.2) is 17.6 Å². The van der Waals surface area contributed by atoms with Crippen molar-refractivity contribution in [2.75, 3.05) is 11.8 Å². The monoisotopic (exact) mass is 323 g/mol. The van der Waals surface area contributed by atoms with E-state index >= 15 is 0 Å². The van der Waals surface area contributed by atoms with Crippen molar-refractivity contribution in [3.63, 3.8) is 0 Å². The topological polar surface area (TPSA) is 72.5 Å². The third-order valence-electron chi connectivity index (χ3n) is 3.01. The van der Waals surface area contributed by atoms with Crippen LogP contribution in [-0.4, -0.2) is 21.5 Å². The molecule has 0 aliphatic carbocycles. The number of halogens is 1. The molecule has 2 rings (SSSR count). The zero-order valence-corrected chi connectivity index (χ0v) is 12.8. The largest absolute Gasteiger partial charge is 0.465 e. The highest BCUT2D eigenvalue weighted by molar-refractivity contribution is 7.92. The fraction of sp³-hybridized carbons (Fsp3) is 0.133. The van der Waals surface area contributed by atoms with Gasteiger partial charge >= 0.3 is 5.97 Å². The molecule has 0 atom stereocenters. The molecule has 0 fully saturated rings. The molecule has 0 spiro atoms. The van der Waals surface area contributed by atoms with E-state index in [2.05, 4.69) is 9.46 Å². The third-order valence-corrected chi connectivity index (χ3v) is 4.37. The minimum atomic E-state index is -3.94. The number of nitrogens with one attached hydrogen (secondary N) is 1. The maximum absolute atomic E-state index is 13.2. The second kappa shape index (κ2) is 6.15. The highest BCUT2D eigenvalue weighted by Gasteiger charge is 2.17. The highest BCUT2D eigenvalue weighted by Crippen LogP contribution is 2.21. The smallest absolute Gasteiger partial charge is 0.337 e. The molecule has 1 N–H and O–H groups in total. The summed E-state index contributed by atoms with van der Waals surface area (Å²) >= 11 is 0. The number of ether oxygens (including phenoxy) is 1. The summed E-state index contributed by atoms with van der Waals surface area (Å²) in [5.74, 6) is -1.19. The summed E-state index contributed by atoms with van der Waals surface area (Å²) in [6, 6.07) is 9.21. The van der Waals surface area contributed by atoms with Gasteiger partial charge in [0.05, 0.1) is 23.3 Å². The number of aryl methyl sites for hydroxylation is 1. The molecule has 2 aromatic rings. The molecule has 0 aliphatic heterocycles. The Kier molecular flexibility index (Phi) is 4.46. The van der Waals surface area contributed by atoms with Crippen LogP contribution < -0.4 is 4.72 Å². The first kappa shape index (κ1) is 16.0. The zero-order valence-electron chi connectivity index (χ0n) is 12.0. The van der Waals surface area contributed by atoms with Crippen LogP contribution in [0.3, 0.4) is 0 Å². The summed E-state index contributed by atoms with van der Waals surface area (Å²) in [7, 11) is -2.74. The first-order valence-electron chi connectivity index (χ1n) is 6.31. The number of rotatable bonds is 4. The molecular formula is C15H14FNO4S. The Morgan fingerprint density at radius 3 is 2.59 bits per heavy atom. The lowest BCUT2D eigenvalue weighted by Gasteiger charge is -2.11. The Morgan fingerprint density at radius 2 is 1.91 bits per heavy atom. The predicted molar refractivity (Wildman–Crippen MR) is 79.7 cm³/mol. The van der Waals surface area contributed by atoms with Gasteiger partial charge in [-0.3, -0.25) is 4.72 Å². The number of sulfonamides is 1. The second-order valence-electron chi connectivity index (χ2n) is 4.58. The molecule has 0 aromatic heterocycles. The van der Waals surface area contributed by atoms with Crippen molar-refractivity contribution in [1.82, 2.24) is 0 Å². The van der Waals surface area contributed by atoms with E-state index in [4.69, 9.17) is 0 Å². The summed E-state index contributed by atoms with van der Waals surface area (Å²) in [4.78, 5) is 11.4. The van der Waals surface area contributed by atoms with Gasteiger partial charge in [0.1, 0.15) is 5.82 Å². The van der Waals surface area contributed by atoms with Crippen LogP contribution in [0.25, 0.3) is 0 Å². The van der Waals surface area contributed by atoms with Crippen LogP contribution in [-0.2, 0) is 14.8 Å². The average Bonchev–Trinajstić information content (AvgIpc) is 2.50. The number of esters is 1. The lowest BCUT2D eigenvalue weighted by atomic mass is 10.2. The number of anilines is 1. The van der Waals surface area contributed by atoms with Crippen molar-refractivity contribution >= 4 is 21.7 Å². The van der Waals surface area contributed by atoms with Gasteiger partial charge in [0.15, 0.2) is 0 Å². The molecule has 0 bridgehead atoms. The van der Waals surface area contributed by atoms with Crippen LogP contribution in [0.4, 0.5) is 10.1 Å². The fourth-order valence-electron chi connectivity index (χ4n) is 1.82. The fourth-order valence-corrected chi connectivity index (χ4v) is 2.98. The van der Waals surface area contributed by atoms with Gasteiger partial charge in [-0.1, -0.05) is 12.1 Å². The molecule has 22 heavy (non-hydrogen) atoms. The van der Waals surface area contributed by atoms with Gasteiger partial charge in [-0.2, -0.15) is 0 Å². The quantitative estimate of drug-likeness (QED) is 0.878. The highest BCUT2D eigenvalue weighted by atomic mass is 32.2. The van der Waals surface area contributed by atoms with Gasteiger partial charge in [-0.15, -0.1) is 0 Å². The average molecular weight is 323 g/mol. The third kappa shape index (κ3) is 3.43. The van der Waals surface area contributed by atoms with E-state index in [0.717, 1.165) is 6.07 Å². The minimum absolute atomic E-state index is 0.112. The van der Waals surface area contributed by atoms with Crippen molar-refractivity contribution in [3.8, 4) is 0 Å². The molecule has 0 saturated carbocycles. The Morgan fingerprint density at radius 1 is 1.18 bits per heavy atom. The second-order valence-corrected chi connectivity index (χ2v) is 6.27. The number of benzene rings is 2. The van der Waals surface area contributed by atoms with Crippen LogP contribution >= 0.6 is 0 Å². The standard InChI is InChI=1S/C15H14FNO4S/c1-10-6-7-12(16)9-14(10)17-22(19,20)13-5-3-4-11(8-13)15(18)21-2/h3-9,17H,1-2H3. The maximum atomic E-state index is 13.2. The number of hydrogen-bond acceptors (Lipinski definition) is 4. The molecule has 2 aromatic carbocycles. The summed E-state index contributed by atoms with van der Waals surface area (Å²) in [6.07, 6.45) is 0. The zero-order chi connectivity index (χ0) is 16.3. The summed E-state index contributed by atoms with van der Waals surface area (Å²) in [6.45, 7) is 1.65. The van der Waals surface area contributed by atoms with E-state index < -0.39 is 21.8 Å². The van der Waals surface area contributed by atoms with E-state index in [-0.39, 0.29) is 16.1 Å². The van der Waals surface area contributed by atoms with Crippen molar-refractivity contribution in [1.29, 1.82) is 0 Å². The van der Waals surface area contributed by atoms with E-state index in [1.165, 1.54) is 43.5 Å². The van der Waals surface area contributed by atoms with E-state index in [9.17, 15) is 17.6 Å². The Labute approximate surface area is 127 Å². The summed E-state index contributed by atoms with van der Waals surface area (Å²) in [5, 5.41) is 0. The van der Waals surface area contributed by atoms with Gasteiger partial charge in [0.2, 0.25) is 0 Å². The number of carbonyl (C=O) groups excluding carboxylic acids is 1. The van der Waals surface area contributed by atoms with Crippen molar-refractivity contribution in [2.45, 2.75) is 11.8 Å². The molecule has 0 heterocycles. The van der Waals surface area contributed by atoms with Crippen LogP contribution in [0.5, 0.6) is 0 Å². The van der Waals surface area contributed by atoms with E-state index in [0.29, 0.717) is 5.56 Å². The molecule has 5 nitrogen and oxygen atoms in total. The first-order chi connectivity index (χ1) is 10.3. The molecule has 0 unspecified atom stereocenters. The van der Waals surface area contributed by atoms with Crippen LogP contribution in [0, 0.1) is 12.7 Å². The first-order valence-corrected chi connectivity index (χ1v) is 7.79. The Hall–Kier alpha value is -2.41. The van der Waals surface area contributed by atoms with Gasteiger partial charge in [-0.05, 0) is 42.8 Å². The Balaban J connectivity index is 2.38. The minimum Gasteiger partial charge on any atom is -0.465 e. The van der Waals surface area contributed by atoms with Gasteiger partial charge in [0, 0.05) is 0 Å². The van der Waals surface area contributed by atoms with E-state index in [1.807, 2.05) is 0 Å². The van der Waals surface area contributed by atoms with Gasteiger partial charge in [0.25, 0.3) is 10.0 Å². The van der Waals surface area contributed by atoms with Crippen LogP contribution in [0.15, 0.2) is 47.4 Å². The van der Waals surface area contributed by atoms with Crippen molar-refractivity contribution in [2.24, 2.45) is 0 Å². The summed E-state index contributed by atoms with van der Waals surface area (Å²) in [5.41, 5.74) is 0.832. The number of carbonyl (C=O) groups is 1. The molecular weight excluding hydrogens is 309 g/mol. The normalized spacial score (nSPS) is 11.0. The SMILES string of the molecule is COC(=O)c1cccc(S(=O)(=O)Nc2cc(F)ccc2C)c1. The van der Waals surface area contributed by atoms with Crippen LogP contribution in [0.1, 0.15) is 15.9 Å². The van der Waals surface area contributed by atoms with Crippen molar-refractivity contribution < 1.29 is 22.3 Å². The molecule has 7 heteroatoms. The number of hydrogen-bond donors (Lipinski definition) is 1. The predicted octanol–water partition coefficient (Wildman–Crippen LogP) is 2.72. The molecule has 0 radical (unpaired) electrons. The molecule has 0 saturated heterocycles. The molecule has 0 amide bonds.